The van der Waals surface area contributed by atoms with Gasteiger partial charge in [-0.1, -0.05) is 28.1 Å². The quantitative estimate of drug-likeness (QED) is 0.219. The highest BCUT2D eigenvalue weighted by Gasteiger charge is 2.01. The Balaban J connectivity index is 0.00000529. The first-order chi connectivity index (χ1) is 11.2. The zero-order chi connectivity index (χ0) is 16.9. The molecule has 0 spiro atoms. The van der Waals surface area contributed by atoms with Crippen LogP contribution in [0.5, 0.6) is 0 Å². The van der Waals surface area contributed by atoms with Gasteiger partial charge in [-0.25, -0.2) is 4.99 Å². The Bertz CT molecular complexity index is 474. The van der Waals surface area contributed by atoms with E-state index >= 15 is 0 Å². The number of hydrogen-bond acceptors (Lipinski definition) is 3. The maximum atomic E-state index is 5.07. The molecule has 0 fully saturated rings. The van der Waals surface area contributed by atoms with E-state index in [9.17, 15) is 0 Å². The first-order valence-corrected chi connectivity index (χ1v) is 8.89. The second kappa shape index (κ2) is 14.9. The Morgan fingerprint density at radius 1 is 1.29 bits per heavy atom. The lowest BCUT2D eigenvalue weighted by Crippen LogP contribution is -2.41. The fraction of sp³-hybridized carbons (Fsp3) is 0.588. The molecule has 138 valence electrons. The summed E-state index contributed by atoms with van der Waals surface area (Å²) in [4.78, 5) is 6.93. The molecular weight excluding hydrogens is 483 g/mol. The fourth-order valence-electron chi connectivity index (χ4n) is 2.10. The van der Waals surface area contributed by atoms with Crippen molar-refractivity contribution in [1.82, 2.24) is 15.5 Å². The Kier molecular flexibility index (Phi) is 14.7. The zero-order valence-electron chi connectivity index (χ0n) is 14.8. The largest absolute Gasteiger partial charge is 0.385 e. The number of nitrogens with one attached hydrogen (secondary N) is 2. The van der Waals surface area contributed by atoms with E-state index in [0.29, 0.717) is 6.54 Å². The van der Waals surface area contributed by atoms with E-state index in [1.807, 2.05) is 12.1 Å². The van der Waals surface area contributed by atoms with Crippen LogP contribution in [0.1, 0.15) is 18.9 Å². The summed E-state index contributed by atoms with van der Waals surface area (Å²) >= 11 is 3.49. The second-order valence-corrected chi connectivity index (χ2v) is 6.32. The number of hydrogen-bond donors (Lipinski definition) is 2. The summed E-state index contributed by atoms with van der Waals surface area (Å²) in [6.45, 7) is 7.30. The van der Waals surface area contributed by atoms with Crippen molar-refractivity contribution in [1.29, 1.82) is 0 Å². The van der Waals surface area contributed by atoms with Crippen molar-refractivity contribution in [2.24, 2.45) is 4.99 Å². The average molecular weight is 513 g/mol. The Morgan fingerprint density at radius 3 is 2.75 bits per heavy atom. The third kappa shape index (κ3) is 11.2. The van der Waals surface area contributed by atoms with Crippen LogP contribution in [0.3, 0.4) is 0 Å². The molecule has 2 N–H and O–H groups in total. The van der Waals surface area contributed by atoms with Crippen molar-refractivity contribution in [3.63, 3.8) is 0 Å². The minimum atomic E-state index is 0. The molecule has 1 aromatic carbocycles. The standard InChI is InChI=1S/C17H29BrN4O.HI/c1-4-19-17(20-9-11-22(2)10-6-12-23-3)21-14-15-7-5-8-16(18)13-15;/h5,7-8,13H,4,6,9-12,14H2,1-3H3,(H2,19,20,21);1H. The summed E-state index contributed by atoms with van der Waals surface area (Å²) in [5.74, 6) is 0.859. The SMILES string of the molecule is CCNC(=NCc1cccc(Br)c1)NCCN(C)CCCOC.I. The molecule has 5 nitrogen and oxygen atoms in total. The van der Waals surface area contributed by atoms with E-state index in [1.165, 1.54) is 5.56 Å². The number of likely N-dealkylation sites (N-methyl/N-ethyl adjacent to an activating group) is 1. The van der Waals surface area contributed by atoms with Crippen LogP contribution >= 0.6 is 39.9 Å². The van der Waals surface area contributed by atoms with Gasteiger partial charge in [0.25, 0.3) is 0 Å². The average Bonchev–Trinajstić information content (AvgIpc) is 2.53. The highest BCUT2D eigenvalue weighted by molar-refractivity contribution is 14.0. The summed E-state index contributed by atoms with van der Waals surface area (Å²) in [5.41, 5.74) is 1.19. The van der Waals surface area contributed by atoms with Crippen LogP contribution in [-0.4, -0.2) is 57.8 Å². The van der Waals surface area contributed by atoms with Gasteiger partial charge in [-0.05, 0) is 38.1 Å². The highest BCUT2D eigenvalue weighted by atomic mass is 127. The molecule has 0 amide bonds. The van der Waals surface area contributed by atoms with Gasteiger partial charge in [0.1, 0.15) is 0 Å². The number of rotatable bonds is 10. The number of ether oxygens (including phenoxy) is 1. The van der Waals surface area contributed by atoms with E-state index in [-0.39, 0.29) is 24.0 Å². The van der Waals surface area contributed by atoms with Gasteiger partial charge in [0.05, 0.1) is 6.54 Å². The minimum absolute atomic E-state index is 0. The molecule has 0 unspecified atom stereocenters. The molecule has 0 radical (unpaired) electrons. The van der Waals surface area contributed by atoms with E-state index < -0.39 is 0 Å². The Morgan fingerprint density at radius 2 is 2.08 bits per heavy atom. The van der Waals surface area contributed by atoms with Gasteiger partial charge in [-0.15, -0.1) is 24.0 Å². The number of benzene rings is 1. The lowest BCUT2D eigenvalue weighted by molar-refractivity contribution is 0.180. The molecule has 0 aliphatic carbocycles. The first kappa shape index (κ1) is 23.6. The second-order valence-electron chi connectivity index (χ2n) is 5.40. The summed E-state index contributed by atoms with van der Waals surface area (Å²) in [7, 11) is 3.87. The van der Waals surface area contributed by atoms with Gasteiger partial charge in [-0.2, -0.15) is 0 Å². The van der Waals surface area contributed by atoms with Gasteiger partial charge < -0.3 is 20.3 Å². The number of halogens is 2. The maximum absolute atomic E-state index is 5.07. The third-order valence-corrected chi connectivity index (χ3v) is 3.82. The smallest absolute Gasteiger partial charge is 0.191 e. The molecule has 0 bridgehead atoms. The van der Waals surface area contributed by atoms with E-state index in [4.69, 9.17) is 4.74 Å². The van der Waals surface area contributed by atoms with Crippen molar-refractivity contribution in [2.45, 2.75) is 19.9 Å². The number of nitrogens with zero attached hydrogens (tertiary/aromatic N) is 2. The summed E-state index contributed by atoms with van der Waals surface area (Å²) in [6.07, 6.45) is 1.06. The van der Waals surface area contributed by atoms with Crippen molar-refractivity contribution in [3.8, 4) is 0 Å². The van der Waals surface area contributed by atoms with Crippen LogP contribution in [0.2, 0.25) is 0 Å². The van der Waals surface area contributed by atoms with Crippen LogP contribution in [0.4, 0.5) is 0 Å². The van der Waals surface area contributed by atoms with Gasteiger partial charge in [-0.3, -0.25) is 0 Å². The normalized spacial score (nSPS) is 11.3. The van der Waals surface area contributed by atoms with E-state index in [0.717, 1.165) is 49.6 Å². The van der Waals surface area contributed by atoms with Gasteiger partial charge in [0, 0.05) is 44.4 Å². The van der Waals surface area contributed by atoms with Crippen LogP contribution in [0, 0.1) is 0 Å². The number of guanidine groups is 1. The lowest BCUT2D eigenvalue weighted by atomic mass is 10.2. The number of aliphatic imine (C=N–C) groups is 1. The van der Waals surface area contributed by atoms with Crippen LogP contribution in [-0.2, 0) is 11.3 Å². The molecule has 0 heterocycles. The van der Waals surface area contributed by atoms with Gasteiger partial charge in [0.15, 0.2) is 5.96 Å². The van der Waals surface area contributed by atoms with Crippen molar-refractivity contribution in [2.75, 3.05) is 46.9 Å². The Hall–Kier alpha value is -0.380. The lowest BCUT2D eigenvalue weighted by Gasteiger charge is -2.18. The van der Waals surface area contributed by atoms with Gasteiger partial charge >= 0.3 is 0 Å². The van der Waals surface area contributed by atoms with Crippen molar-refractivity contribution < 1.29 is 4.74 Å². The molecule has 0 atom stereocenters. The molecule has 1 aromatic rings. The van der Waals surface area contributed by atoms with Gasteiger partial charge in [0.2, 0.25) is 0 Å². The molecule has 0 aliphatic rings. The first-order valence-electron chi connectivity index (χ1n) is 8.09. The predicted octanol–water partition coefficient (Wildman–Crippen LogP) is 3.09. The highest BCUT2D eigenvalue weighted by Crippen LogP contribution is 2.12. The van der Waals surface area contributed by atoms with Crippen LogP contribution in [0.15, 0.2) is 33.7 Å². The van der Waals surface area contributed by atoms with Crippen LogP contribution in [0.25, 0.3) is 0 Å². The van der Waals surface area contributed by atoms with Crippen LogP contribution < -0.4 is 10.6 Å². The predicted molar refractivity (Wildman–Crippen MR) is 116 cm³/mol. The minimum Gasteiger partial charge on any atom is -0.385 e. The molecule has 24 heavy (non-hydrogen) atoms. The monoisotopic (exact) mass is 512 g/mol. The molecule has 0 saturated heterocycles. The van der Waals surface area contributed by atoms with Crippen molar-refractivity contribution in [3.05, 3.63) is 34.3 Å². The Labute approximate surface area is 171 Å². The molecule has 1 rings (SSSR count). The molecule has 0 aromatic heterocycles. The van der Waals surface area contributed by atoms with E-state index in [2.05, 4.69) is 62.6 Å². The number of methoxy groups -OCH3 is 1. The summed E-state index contributed by atoms with van der Waals surface area (Å²) in [6, 6.07) is 8.23. The summed E-state index contributed by atoms with van der Waals surface area (Å²) in [5, 5.41) is 6.66. The fourth-order valence-corrected chi connectivity index (χ4v) is 2.55. The third-order valence-electron chi connectivity index (χ3n) is 3.33. The maximum Gasteiger partial charge on any atom is 0.191 e. The molecule has 7 heteroatoms. The molecule has 0 aliphatic heterocycles. The summed E-state index contributed by atoms with van der Waals surface area (Å²) < 4.78 is 6.16. The topological polar surface area (TPSA) is 48.9 Å². The van der Waals surface area contributed by atoms with E-state index in [1.54, 1.807) is 7.11 Å². The molecular formula is C17H30BrIN4O. The van der Waals surface area contributed by atoms with Crippen molar-refractivity contribution >= 4 is 45.9 Å². The zero-order valence-corrected chi connectivity index (χ0v) is 18.8. The molecule has 0 saturated carbocycles.